The number of anilines is 1. The van der Waals surface area contributed by atoms with Crippen molar-refractivity contribution in [3.63, 3.8) is 0 Å². The summed E-state index contributed by atoms with van der Waals surface area (Å²) in [5, 5.41) is 0. The number of hydrogen-bond donors (Lipinski definition) is 0. The summed E-state index contributed by atoms with van der Waals surface area (Å²) in [6, 6.07) is 2.81. The second-order valence-electron chi connectivity index (χ2n) is 3.72. The average molecular weight is 255 g/mol. The van der Waals surface area contributed by atoms with Gasteiger partial charge in [-0.3, -0.25) is 4.98 Å². The van der Waals surface area contributed by atoms with E-state index in [2.05, 4.69) is 38.8 Å². The Morgan fingerprint density at radius 1 is 1.64 bits per heavy atom. The Balaban J connectivity index is 2.26. The maximum Gasteiger partial charge on any atom is 0.0592 e. The number of pyridine rings is 1. The third-order valence-electron chi connectivity index (χ3n) is 2.91. The van der Waals surface area contributed by atoms with E-state index >= 15 is 0 Å². The Bertz CT molecular complexity index is 314. The number of nitrogens with zero attached hydrogens (tertiary/aromatic N) is 2. The van der Waals surface area contributed by atoms with Gasteiger partial charge >= 0.3 is 0 Å². The lowest BCUT2D eigenvalue weighted by molar-refractivity contribution is 0.644. The van der Waals surface area contributed by atoms with E-state index in [9.17, 15) is 0 Å². The summed E-state index contributed by atoms with van der Waals surface area (Å²) in [6.07, 6.45) is 7.61. The van der Waals surface area contributed by atoms with Crippen LogP contribution in [-0.2, 0) is 0 Å². The van der Waals surface area contributed by atoms with E-state index < -0.39 is 0 Å². The first-order valence-corrected chi connectivity index (χ1v) is 5.98. The Kier molecular flexibility index (Phi) is 3.06. The topological polar surface area (TPSA) is 16.1 Å². The van der Waals surface area contributed by atoms with E-state index in [-0.39, 0.29) is 0 Å². The molecule has 1 aliphatic rings. The highest BCUT2D eigenvalue weighted by atomic mass is 79.9. The van der Waals surface area contributed by atoms with Crippen molar-refractivity contribution in [2.24, 2.45) is 0 Å². The fraction of sp³-hybridized carbons (Fsp3) is 0.545. The van der Waals surface area contributed by atoms with Crippen LogP contribution in [0.5, 0.6) is 0 Å². The van der Waals surface area contributed by atoms with Crippen molar-refractivity contribution in [2.45, 2.75) is 32.2 Å². The number of halogens is 1. The highest BCUT2D eigenvalue weighted by Gasteiger charge is 2.24. The average Bonchev–Trinajstić information content (AvgIpc) is 2.66. The lowest BCUT2D eigenvalue weighted by Gasteiger charge is -2.26. The molecule has 1 aromatic heterocycles. The zero-order valence-electron chi connectivity index (χ0n) is 8.41. The van der Waals surface area contributed by atoms with E-state index in [1.165, 1.54) is 31.5 Å². The summed E-state index contributed by atoms with van der Waals surface area (Å²) >= 11 is 3.56. The molecule has 1 aliphatic heterocycles. The fourth-order valence-corrected chi connectivity index (χ4v) is 2.66. The number of rotatable bonds is 2. The first kappa shape index (κ1) is 9.97. The molecule has 1 atom stereocenters. The fourth-order valence-electron chi connectivity index (χ4n) is 2.18. The Morgan fingerprint density at radius 3 is 3.21 bits per heavy atom. The molecule has 0 radical (unpaired) electrons. The van der Waals surface area contributed by atoms with Crippen molar-refractivity contribution in [3.8, 4) is 0 Å². The van der Waals surface area contributed by atoms with E-state index in [0.29, 0.717) is 6.04 Å². The zero-order chi connectivity index (χ0) is 9.97. The quantitative estimate of drug-likeness (QED) is 0.806. The highest BCUT2D eigenvalue weighted by molar-refractivity contribution is 9.10. The molecular weight excluding hydrogens is 240 g/mol. The summed E-state index contributed by atoms with van der Waals surface area (Å²) in [4.78, 5) is 6.59. The molecule has 76 valence electrons. The van der Waals surface area contributed by atoms with E-state index in [1.807, 2.05) is 12.4 Å². The van der Waals surface area contributed by atoms with Crippen molar-refractivity contribution in [2.75, 3.05) is 11.4 Å². The summed E-state index contributed by atoms with van der Waals surface area (Å²) in [5.74, 6) is 0. The van der Waals surface area contributed by atoms with Crippen LogP contribution in [0.3, 0.4) is 0 Å². The Morgan fingerprint density at radius 2 is 2.50 bits per heavy atom. The maximum absolute atomic E-state index is 4.09. The van der Waals surface area contributed by atoms with Gasteiger partial charge in [0.15, 0.2) is 0 Å². The highest BCUT2D eigenvalue weighted by Crippen LogP contribution is 2.32. The van der Waals surface area contributed by atoms with Gasteiger partial charge in [-0.1, -0.05) is 6.92 Å². The minimum absolute atomic E-state index is 0.716. The predicted octanol–water partition coefficient (Wildman–Crippen LogP) is 3.22. The van der Waals surface area contributed by atoms with Crippen LogP contribution in [0.2, 0.25) is 0 Å². The molecule has 2 heterocycles. The van der Waals surface area contributed by atoms with E-state index in [0.717, 1.165) is 4.47 Å². The van der Waals surface area contributed by atoms with Crippen LogP contribution in [-0.4, -0.2) is 17.6 Å². The molecule has 0 saturated carbocycles. The monoisotopic (exact) mass is 254 g/mol. The molecule has 0 bridgehead atoms. The first-order chi connectivity index (χ1) is 6.83. The van der Waals surface area contributed by atoms with Crippen LogP contribution >= 0.6 is 15.9 Å². The molecule has 1 aromatic rings. The van der Waals surface area contributed by atoms with Gasteiger partial charge in [0.1, 0.15) is 0 Å². The Hall–Kier alpha value is -0.570. The maximum atomic E-state index is 4.09. The normalized spacial score (nSPS) is 21.6. The van der Waals surface area contributed by atoms with Crippen molar-refractivity contribution < 1.29 is 0 Å². The first-order valence-electron chi connectivity index (χ1n) is 5.19. The van der Waals surface area contributed by atoms with Gasteiger partial charge in [-0.15, -0.1) is 0 Å². The van der Waals surface area contributed by atoms with Crippen molar-refractivity contribution in [1.82, 2.24) is 4.98 Å². The lowest BCUT2D eigenvalue weighted by atomic mass is 10.1. The van der Waals surface area contributed by atoms with Gasteiger partial charge in [-0.25, -0.2) is 0 Å². The van der Waals surface area contributed by atoms with Crippen LogP contribution in [0.25, 0.3) is 0 Å². The largest absolute Gasteiger partial charge is 0.368 e. The SMILES string of the molecule is CCC1CCCN1c1ccncc1Br. The van der Waals surface area contributed by atoms with Gasteiger partial charge in [-0.05, 0) is 41.3 Å². The molecule has 0 aliphatic carbocycles. The number of aromatic nitrogens is 1. The third kappa shape index (κ3) is 1.78. The van der Waals surface area contributed by atoms with Crippen molar-refractivity contribution >= 4 is 21.6 Å². The summed E-state index contributed by atoms with van der Waals surface area (Å²) in [7, 11) is 0. The van der Waals surface area contributed by atoms with Crippen LogP contribution in [0.15, 0.2) is 22.9 Å². The molecule has 1 fully saturated rings. The smallest absolute Gasteiger partial charge is 0.0592 e. The minimum atomic E-state index is 0.716. The zero-order valence-corrected chi connectivity index (χ0v) is 10.00. The molecule has 2 rings (SSSR count). The minimum Gasteiger partial charge on any atom is -0.368 e. The van der Waals surface area contributed by atoms with Gasteiger partial charge in [-0.2, -0.15) is 0 Å². The third-order valence-corrected chi connectivity index (χ3v) is 3.52. The standard InChI is InChI=1S/C11H15BrN2/c1-2-9-4-3-7-14(9)11-5-6-13-8-10(11)12/h5-6,8-9H,2-4,7H2,1H3. The van der Waals surface area contributed by atoms with Gasteiger partial charge in [0.25, 0.3) is 0 Å². The molecule has 0 N–H and O–H groups in total. The summed E-state index contributed by atoms with van der Waals surface area (Å²) in [5.41, 5.74) is 1.30. The number of hydrogen-bond acceptors (Lipinski definition) is 2. The van der Waals surface area contributed by atoms with Crippen LogP contribution in [0, 0.1) is 0 Å². The summed E-state index contributed by atoms with van der Waals surface area (Å²) in [6.45, 7) is 3.44. The Labute approximate surface area is 93.5 Å². The van der Waals surface area contributed by atoms with E-state index in [4.69, 9.17) is 0 Å². The van der Waals surface area contributed by atoms with Gasteiger partial charge < -0.3 is 4.90 Å². The molecule has 0 spiro atoms. The van der Waals surface area contributed by atoms with Crippen molar-refractivity contribution in [3.05, 3.63) is 22.9 Å². The predicted molar refractivity (Wildman–Crippen MR) is 62.6 cm³/mol. The van der Waals surface area contributed by atoms with Crippen LogP contribution in [0.4, 0.5) is 5.69 Å². The van der Waals surface area contributed by atoms with Crippen LogP contribution < -0.4 is 4.90 Å². The lowest BCUT2D eigenvalue weighted by Crippen LogP contribution is -2.28. The molecule has 3 heteroatoms. The van der Waals surface area contributed by atoms with Crippen molar-refractivity contribution in [1.29, 1.82) is 0 Å². The molecule has 1 unspecified atom stereocenters. The van der Waals surface area contributed by atoms with Gasteiger partial charge in [0.05, 0.1) is 10.2 Å². The van der Waals surface area contributed by atoms with Gasteiger partial charge in [0.2, 0.25) is 0 Å². The molecular formula is C11H15BrN2. The van der Waals surface area contributed by atoms with Crippen LogP contribution in [0.1, 0.15) is 26.2 Å². The van der Waals surface area contributed by atoms with E-state index in [1.54, 1.807) is 0 Å². The second kappa shape index (κ2) is 4.30. The molecule has 14 heavy (non-hydrogen) atoms. The molecule has 0 aromatic carbocycles. The van der Waals surface area contributed by atoms with Gasteiger partial charge in [0, 0.05) is 25.0 Å². The second-order valence-corrected chi connectivity index (χ2v) is 4.58. The molecule has 2 nitrogen and oxygen atoms in total. The molecule has 1 saturated heterocycles. The molecule has 0 amide bonds. The summed E-state index contributed by atoms with van der Waals surface area (Å²) < 4.78 is 1.11.